The molecule has 29 heavy (non-hydrogen) atoms. The molecule has 1 amide bonds. The summed E-state index contributed by atoms with van der Waals surface area (Å²) in [7, 11) is 0. The highest BCUT2D eigenvalue weighted by Crippen LogP contribution is 2.25. The molecule has 0 spiro atoms. The van der Waals surface area contributed by atoms with E-state index in [0.29, 0.717) is 5.69 Å². The normalized spacial score (nSPS) is 14.4. The van der Waals surface area contributed by atoms with Crippen molar-refractivity contribution in [3.63, 3.8) is 0 Å². The Morgan fingerprint density at radius 3 is 2.10 bits per heavy atom. The summed E-state index contributed by atoms with van der Waals surface area (Å²) in [6, 6.07) is 23.0. The molecule has 0 aromatic heterocycles. The van der Waals surface area contributed by atoms with Crippen molar-refractivity contribution in [2.45, 2.75) is 18.9 Å². The van der Waals surface area contributed by atoms with Crippen molar-refractivity contribution in [1.82, 2.24) is 0 Å². The molecule has 1 aliphatic heterocycles. The van der Waals surface area contributed by atoms with Gasteiger partial charge in [0.2, 0.25) is 0 Å². The fourth-order valence-corrected chi connectivity index (χ4v) is 3.60. The maximum atomic E-state index is 13.2. The third kappa shape index (κ3) is 4.74. The first-order valence-corrected chi connectivity index (χ1v) is 9.92. The van der Waals surface area contributed by atoms with Crippen molar-refractivity contribution in [3.05, 3.63) is 90.2 Å². The molecule has 0 saturated carbocycles. The molecule has 1 saturated heterocycles. The molecule has 1 aliphatic rings. The molecule has 1 fully saturated rings. The lowest BCUT2D eigenvalue weighted by Crippen LogP contribution is -2.27. The zero-order valence-corrected chi connectivity index (χ0v) is 16.1. The topological polar surface area (TPSA) is 44.4 Å². The van der Waals surface area contributed by atoms with Crippen LogP contribution >= 0.6 is 0 Å². The SMILES string of the molecule is O=C(Nc1ccc(F)cc1)[C@H](Nc1ccc(N2CCCC2)cc1)c1ccccc1. The zero-order valence-electron chi connectivity index (χ0n) is 16.1. The molecule has 4 rings (SSSR count). The molecule has 0 aliphatic carbocycles. The second-order valence-corrected chi connectivity index (χ2v) is 7.23. The van der Waals surface area contributed by atoms with Crippen LogP contribution in [0.2, 0.25) is 0 Å². The van der Waals surface area contributed by atoms with Crippen LogP contribution in [0, 0.1) is 5.82 Å². The van der Waals surface area contributed by atoms with Crippen LogP contribution in [0.15, 0.2) is 78.9 Å². The number of carbonyl (C=O) groups excluding carboxylic acids is 1. The van der Waals surface area contributed by atoms with Crippen LogP contribution in [0.25, 0.3) is 0 Å². The van der Waals surface area contributed by atoms with Gasteiger partial charge < -0.3 is 15.5 Å². The van der Waals surface area contributed by atoms with Crippen LogP contribution in [-0.2, 0) is 4.79 Å². The van der Waals surface area contributed by atoms with Gasteiger partial charge in [0.15, 0.2) is 0 Å². The van der Waals surface area contributed by atoms with Crippen molar-refractivity contribution in [2.24, 2.45) is 0 Å². The minimum Gasteiger partial charge on any atom is -0.372 e. The number of nitrogens with one attached hydrogen (secondary N) is 2. The molecular weight excluding hydrogens is 365 g/mol. The maximum absolute atomic E-state index is 13.2. The minimum absolute atomic E-state index is 0.202. The van der Waals surface area contributed by atoms with Crippen molar-refractivity contribution in [1.29, 1.82) is 0 Å². The molecule has 0 radical (unpaired) electrons. The second kappa shape index (κ2) is 8.78. The lowest BCUT2D eigenvalue weighted by molar-refractivity contribution is -0.117. The molecule has 0 bridgehead atoms. The van der Waals surface area contributed by atoms with Crippen molar-refractivity contribution in [2.75, 3.05) is 28.6 Å². The summed E-state index contributed by atoms with van der Waals surface area (Å²) in [6.45, 7) is 2.19. The van der Waals surface area contributed by atoms with Crippen LogP contribution in [-0.4, -0.2) is 19.0 Å². The summed E-state index contributed by atoms with van der Waals surface area (Å²) in [5.41, 5.74) is 3.50. The van der Waals surface area contributed by atoms with E-state index in [1.54, 1.807) is 12.1 Å². The Morgan fingerprint density at radius 2 is 1.45 bits per heavy atom. The standard InChI is InChI=1S/C24H24FN3O/c25-19-8-10-21(11-9-19)27-24(29)23(18-6-2-1-3-7-18)26-20-12-14-22(15-13-20)28-16-4-5-17-28/h1-3,6-15,23,26H,4-5,16-17H2,(H,27,29)/t23-/m1/s1. The molecule has 3 aromatic rings. The van der Waals surface area contributed by atoms with Gasteiger partial charge in [-0.3, -0.25) is 4.79 Å². The Balaban J connectivity index is 1.52. The largest absolute Gasteiger partial charge is 0.372 e. The lowest BCUT2D eigenvalue weighted by Gasteiger charge is -2.22. The molecule has 1 atom stereocenters. The molecule has 3 aromatic carbocycles. The number of amides is 1. The fourth-order valence-electron chi connectivity index (χ4n) is 3.60. The molecule has 1 heterocycles. The van der Waals surface area contributed by atoms with E-state index in [1.165, 1.54) is 30.7 Å². The number of hydrogen-bond donors (Lipinski definition) is 2. The first-order valence-electron chi connectivity index (χ1n) is 9.92. The van der Waals surface area contributed by atoms with E-state index >= 15 is 0 Å². The maximum Gasteiger partial charge on any atom is 0.251 e. The third-order valence-corrected chi connectivity index (χ3v) is 5.16. The number of anilines is 3. The Bertz CT molecular complexity index is 936. The van der Waals surface area contributed by atoms with E-state index in [-0.39, 0.29) is 11.7 Å². The third-order valence-electron chi connectivity index (χ3n) is 5.16. The second-order valence-electron chi connectivity index (χ2n) is 7.23. The molecule has 2 N–H and O–H groups in total. The molecular formula is C24H24FN3O. The van der Waals surface area contributed by atoms with Crippen LogP contribution in [0.4, 0.5) is 21.5 Å². The number of rotatable bonds is 6. The summed E-state index contributed by atoms with van der Waals surface area (Å²) in [5.74, 6) is -0.537. The van der Waals surface area contributed by atoms with Gasteiger partial charge in [-0.2, -0.15) is 0 Å². The minimum atomic E-state index is -0.570. The van der Waals surface area contributed by atoms with Gasteiger partial charge in [-0.25, -0.2) is 4.39 Å². The molecule has 148 valence electrons. The van der Waals surface area contributed by atoms with Crippen LogP contribution in [0.3, 0.4) is 0 Å². The Kier molecular flexibility index (Phi) is 5.75. The van der Waals surface area contributed by atoms with E-state index in [1.807, 2.05) is 42.5 Å². The highest BCUT2D eigenvalue weighted by molar-refractivity contribution is 5.97. The van der Waals surface area contributed by atoms with E-state index < -0.39 is 6.04 Å². The number of carbonyl (C=O) groups is 1. The van der Waals surface area contributed by atoms with Crippen LogP contribution in [0.1, 0.15) is 24.4 Å². The van der Waals surface area contributed by atoms with Crippen molar-refractivity contribution >= 4 is 23.0 Å². The van der Waals surface area contributed by atoms with Gasteiger partial charge in [0.05, 0.1) is 0 Å². The zero-order chi connectivity index (χ0) is 20.1. The lowest BCUT2D eigenvalue weighted by atomic mass is 10.1. The molecule has 0 unspecified atom stereocenters. The van der Waals surface area contributed by atoms with Gasteiger partial charge in [-0.05, 0) is 66.9 Å². The highest BCUT2D eigenvalue weighted by atomic mass is 19.1. The summed E-state index contributed by atoms with van der Waals surface area (Å²) in [4.78, 5) is 15.4. The number of benzene rings is 3. The van der Waals surface area contributed by atoms with E-state index in [9.17, 15) is 9.18 Å². The van der Waals surface area contributed by atoms with Crippen LogP contribution in [0.5, 0.6) is 0 Å². The fraction of sp³-hybridized carbons (Fsp3) is 0.208. The molecule has 5 heteroatoms. The van der Waals surface area contributed by atoms with E-state index in [0.717, 1.165) is 24.3 Å². The number of nitrogens with zero attached hydrogens (tertiary/aromatic N) is 1. The van der Waals surface area contributed by atoms with Gasteiger partial charge in [0.25, 0.3) is 5.91 Å². The van der Waals surface area contributed by atoms with E-state index in [2.05, 4.69) is 27.7 Å². The number of hydrogen-bond acceptors (Lipinski definition) is 3. The summed E-state index contributed by atoms with van der Waals surface area (Å²) in [5, 5.41) is 6.21. The summed E-state index contributed by atoms with van der Waals surface area (Å²) < 4.78 is 13.2. The van der Waals surface area contributed by atoms with Gasteiger partial charge in [-0.1, -0.05) is 30.3 Å². The first-order chi connectivity index (χ1) is 14.2. The predicted octanol–water partition coefficient (Wildman–Crippen LogP) is 5.22. The predicted molar refractivity (Wildman–Crippen MR) is 116 cm³/mol. The Morgan fingerprint density at radius 1 is 0.828 bits per heavy atom. The quantitative estimate of drug-likeness (QED) is 0.608. The summed E-state index contributed by atoms with van der Waals surface area (Å²) >= 11 is 0. The van der Waals surface area contributed by atoms with Gasteiger partial charge >= 0.3 is 0 Å². The average Bonchev–Trinajstić information content (AvgIpc) is 3.29. The monoisotopic (exact) mass is 389 g/mol. The van der Waals surface area contributed by atoms with Gasteiger partial charge in [-0.15, -0.1) is 0 Å². The first kappa shape index (κ1) is 19.0. The smallest absolute Gasteiger partial charge is 0.251 e. The Hall–Kier alpha value is -3.34. The average molecular weight is 389 g/mol. The van der Waals surface area contributed by atoms with Crippen molar-refractivity contribution < 1.29 is 9.18 Å². The number of halogens is 1. The van der Waals surface area contributed by atoms with Gasteiger partial charge in [0, 0.05) is 30.2 Å². The highest BCUT2D eigenvalue weighted by Gasteiger charge is 2.21. The van der Waals surface area contributed by atoms with Crippen LogP contribution < -0.4 is 15.5 Å². The summed E-state index contributed by atoms with van der Waals surface area (Å²) in [6.07, 6.45) is 2.47. The van der Waals surface area contributed by atoms with Crippen molar-refractivity contribution in [3.8, 4) is 0 Å². The van der Waals surface area contributed by atoms with E-state index in [4.69, 9.17) is 0 Å². The van der Waals surface area contributed by atoms with Gasteiger partial charge in [0.1, 0.15) is 11.9 Å². The molecule has 4 nitrogen and oxygen atoms in total. The Labute approximate surface area is 170 Å².